The van der Waals surface area contributed by atoms with Gasteiger partial charge >= 0.3 is 5.97 Å². The van der Waals surface area contributed by atoms with Crippen LogP contribution in [-0.2, 0) is 11.2 Å². The highest BCUT2D eigenvalue weighted by Gasteiger charge is 2.30. The Morgan fingerprint density at radius 2 is 2.05 bits per heavy atom. The lowest BCUT2D eigenvalue weighted by molar-refractivity contribution is 0.0685. The van der Waals surface area contributed by atoms with Crippen LogP contribution in [0.4, 0.5) is 0 Å². The van der Waals surface area contributed by atoms with Crippen molar-refractivity contribution in [2.45, 2.75) is 25.3 Å². The second-order valence-electron chi connectivity index (χ2n) is 5.41. The molecule has 0 aliphatic heterocycles. The van der Waals surface area contributed by atoms with Gasteiger partial charge < -0.3 is 14.4 Å². The van der Waals surface area contributed by atoms with Gasteiger partial charge in [0, 0.05) is 24.4 Å². The van der Waals surface area contributed by atoms with E-state index in [-0.39, 0.29) is 0 Å². The van der Waals surface area contributed by atoms with E-state index in [9.17, 15) is 9.90 Å². The maximum absolute atomic E-state index is 11.4. The molecule has 1 aromatic heterocycles. The van der Waals surface area contributed by atoms with Crippen LogP contribution in [0.3, 0.4) is 0 Å². The van der Waals surface area contributed by atoms with Crippen molar-refractivity contribution in [3.63, 3.8) is 0 Å². The molecule has 1 N–H and O–H groups in total. The van der Waals surface area contributed by atoms with Crippen molar-refractivity contribution >= 4 is 5.97 Å². The van der Waals surface area contributed by atoms with Crippen LogP contribution in [0.15, 0.2) is 36.4 Å². The summed E-state index contributed by atoms with van der Waals surface area (Å²) in [6.07, 6.45) is 2.94. The van der Waals surface area contributed by atoms with E-state index in [1.54, 1.807) is 13.2 Å². The fraction of sp³-hybridized carbons (Fsp3) is 0.353. The zero-order valence-electron chi connectivity index (χ0n) is 12.1. The summed E-state index contributed by atoms with van der Waals surface area (Å²) in [5.74, 6) is -0.859. The zero-order valence-corrected chi connectivity index (χ0v) is 12.1. The predicted molar refractivity (Wildman–Crippen MR) is 80.7 cm³/mol. The van der Waals surface area contributed by atoms with Gasteiger partial charge in [-0.3, -0.25) is 0 Å². The molecule has 4 heteroatoms. The third kappa shape index (κ3) is 2.72. The number of rotatable bonds is 6. The fourth-order valence-corrected chi connectivity index (χ4v) is 2.77. The molecule has 1 heterocycles. The first kappa shape index (κ1) is 13.9. The predicted octanol–water partition coefficient (Wildman–Crippen LogP) is 3.38. The van der Waals surface area contributed by atoms with Crippen LogP contribution in [0.25, 0.3) is 11.3 Å². The third-order valence-corrected chi connectivity index (χ3v) is 3.92. The van der Waals surface area contributed by atoms with Crippen molar-refractivity contribution in [2.24, 2.45) is 0 Å². The molecule has 0 radical (unpaired) electrons. The molecule has 3 rings (SSSR count). The van der Waals surface area contributed by atoms with Crippen LogP contribution < -0.4 is 0 Å². The van der Waals surface area contributed by atoms with Gasteiger partial charge in [0.15, 0.2) is 0 Å². The van der Waals surface area contributed by atoms with Crippen molar-refractivity contribution in [3.05, 3.63) is 47.7 Å². The molecule has 0 bridgehead atoms. The molecule has 21 heavy (non-hydrogen) atoms. The molecule has 1 aliphatic rings. The van der Waals surface area contributed by atoms with Crippen LogP contribution in [0.2, 0.25) is 0 Å². The summed E-state index contributed by atoms with van der Waals surface area (Å²) >= 11 is 0. The van der Waals surface area contributed by atoms with Crippen molar-refractivity contribution in [1.82, 2.24) is 4.57 Å². The molecule has 2 aromatic rings. The molecule has 1 aromatic carbocycles. The lowest BCUT2D eigenvalue weighted by atomic mass is 10.0. The average molecular weight is 285 g/mol. The van der Waals surface area contributed by atoms with Crippen molar-refractivity contribution in [1.29, 1.82) is 0 Å². The molecular weight excluding hydrogens is 266 g/mol. The number of benzene rings is 1. The maximum Gasteiger partial charge on any atom is 0.352 e. The SMILES string of the molecule is COCCc1ccccc1-c1ccc(C(=O)O)n1C1CC1. The highest BCUT2D eigenvalue weighted by atomic mass is 16.5. The minimum absolute atomic E-state index is 0.330. The molecule has 110 valence electrons. The van der Waals surface area contributed by atoms with Crippen LogP contribution in [0.1, 0.15) is 34.9 Å². The molecule has 0 unspecified atom stereocenters. The standard InChI is InChI=1S/C17H19NO3/c1-21-11-10-12-4-2-3-5-14(12)15-8-9-16(17(19)20)18(15)13-6-7-13/h2-5,8-9,13H,6-7,10-11H2,1H3,(H,19,20). The zero-order chi connectivity index (χ0) is 14.8. The third-order valence-electron chi connectivity index (χ3n) is 3.92. The van der Waals surface area contributed by atoms with E-state index in [0.717, 1.165) is 30.5 Å². The summed E-state index contributed by atoms with van der Waals surface area (Å²) in [7, 11) is 1.69. The first-order valence-corrected chi connectivity index (χ1v) is 7.24. The monoisotopic (exact) mass is 285 g/mol. The van der Waals surface area contributed by atoms with Gasteiger partial charge in [-0.05, 0) is 37.0 Å². The Kier molecular flexibility index (Phi) is 3.80. The Labute approximate surface area is 124 Å². The lowest BCUT2D eigenvalue weighted by Gasteiger charge is -2.14. The van der Waals surface area contributed by atoms with E-state index in [4.69, 9.17) is 4.74 Å². The maximum atomic E-state index is 11.4. The molecule has 1 fully saturated rings. The van der Waals surface area contributed by atoms with Crippen LogP contribution in [-0.4, -0.2) is 29.4 Å². The van der Waals surface area contributed by atoms with Crippen LogP contribution in [0, 0.1) is 0 Å². The normalized spacial score (nSPS) is 14.3. The van der Waals surface area contributed by atoms with Gasteiger partial charge in [-0.15, -0.1) is 0 Å². The van der Waals surface area contributed by atoms with Gasteiger partial charge in [0.1, 0.15) is 5.69 Å². The Bertz CT molecular complexity index is 656. The molecule has 4 nitrogen and oxygen atoms in total. The van der Waals surface area contributed by atoms with Crippen LogP contribution in [0.5, 0.6) is 0 Å². The number of nitrogens with zero attached hydrogens (tertiary/aromatic N) is 1. The summed E-state index contributed by atoms with van der Waals surface area (Å²) < 4.78 is 7.15. The first-order chi connectivity index (χ1) is 10.2. The van der Waals surface area contributed by atoms with Gasteiger partial charge in [0.25, 0.3) is 0 Å². The number of hydrogen-bond donors (Lipinski definition) is 1. The number of carboxylic acid groups (broad SMARTS) is 1. The van der Waals surface area contributed by atoms with Gasteiger partial charge in [-0.1, -0.05) is 24.3 Å². The van der Waals surface area contributed by atoms with Gasteiger partial charge in [-0.25, -0.2) is 4.79 Å². The average Bonchev–Trinajstić information content (AvgIpc) is 3.23. The van der Waals surface area contributed by atoms with E-state index >= 15 is 0 Å². The molecule has 1 saturated carbocycles. The summed E-state index contributed by atoms with van der Waals surface area (Å²) in [4.78, 5) is 11.4. The molecule has 0 atom stereocenters. The van der Waals surface area contributed by atoms with E-state index in [1.807, 2.05) is 22.8 Å². The van der Waals surface area contributed by atoms with E-state index in [0.29, 0.717) is 18.3 Å². The number of methoxy groups -OCH3 is 1. The quantitative estimate of drug-likeness (QED) is 0.885. The molecular formula is C17H19NO3. The Morgan fingerprint density at radius 1 is 1.29 bits per heavy atom. The largest absolute Gasteiger partial charge is 0.477 e. The van der Waals surface area contributed by atoms with Gasteiger partial charge in [0.2, 0.25) is 0 Å². The highest BCUT2D eigenvalue weighted by molar-refractivity contribution is 5.88. The summed E-state index contributed by atoms with van der Waals surface area (Å²) in [6.45, 7) is 0.660. The number of aromatic carboxylic acids is 1. The summed E-state index contributed by atoms with van der Waals surface area (Å²) in [5.41, 5.74) is 3.68. The van der Waals surface area contributed by atoms with Crippen molar-refractivity contribution in [2.75, 3.05) is 13.7 Å². The van der Waals surface area contributed by atoms with E-state index in [1.165, 1.54) is 5.56 Å². The Morgan fingerprint density at radius 3 is 2.71 bits per heavy atom. The van der Waals surface area contributed by atoms with Gasteiger partial charge in [-0.2, -0.15) is 0 Å². The molecule has 0 amide bonds. The second-order valence-corrected chi connectivity index (χ2v) is 5.41. The lowest BCUT2D eigenvalue weighted by Crippen LogP contribution is -2.09. The number of carbonyl (C=O) groups is 1. The van der Waals surface area contributed by atoms with Gasteiger partial charge in [0.05, 0.1) is 6.61 Å². The van der Waals surface area contributed by atoms with E-state index in [2.05, 4.69) is 12.1 Å². The van der Waals surface area contributed by atoms with Crippen LogP contribution >= 0.6 is 0 Å². The second kappa shape index (κ2) is 5.74. The van der Waals surface area contributed by atoms with E-state index < -0.39 is 5.97 Å². The summed E-state index contributed by atoms with van der Waals surface area (Å²) in [6, 6.07) is 12.1. The number of hydrogen-bond acceptors (Lipinski definition) is 2. The van der Waals surface area contributed by atoms with Crippen molar-refractivity contribution in [3.8, 4) is 11.3 Å². The first-order valence-electron chi connectivity index (χ1n) is 7.24. The van der Waals surface area contributed by atoms with Crippen molar-refractivity contribution < 1.29 is 14.6 Å². The fourth-order valence-electron chi connectivity index (χ4n) is 2.77. The molecule has 1 aliphatic carbocycles. The number of aromatic nitrogens is 1. The highest BCUT2D eigenvalue weighted by Crippen LogP contribution is 2.41. The smallest absolute Gasteiger partial charge is 0.352 e. The number of ether oxygens (including phenoxy) is 1. The Balaban J connectivity index is 2.06. The minimum atomic E-state index is -0.859. The molecule has 0 spiro atoms. The number of carboxylic acids is 1. The minimum Gasteiger partial charge on any atom is -0.477 e. The Hall–Kier alpha value is -2.07. The topological polar surface area (TPSA) is 51.5 Å². The molecule has 0 saturated heterocycles. The summed E-state index contributed by atoms with van der Waals surface area (Å²) in [5, 5.41) is 9.37.